The molecular formula is C15H25NS. The molecule has 1 fully saturated rings. The van der Waals surface area contributed by atoms with Crippen LogP contribution in [-0.2, 0) is 6.42 Å². The van der Waals surface area contributed by atoms with E-state index in [9.17, 15) is 0 Å². The largest absolute Gasteiger partial charge is 0.330 e. The first-order chi connectivity index (χ1) is 8.15. The van der Waals surface area contributed by atoms with Crippen molar-refractivity contribution < 1.29 is 0 Å². The van der Waals surface area contributed by atoms with Gasteiger partial charge in [-0.1, -0.05) is 13.8 Å². The maximum absolute atomic E-state index is 6.08. The van der Waals surface area contributed by atoms with Gasteiger partial charge >= 0.3 is 0 Å². The number of hydrogen-bond donors (Lipinski definition) is 1. The van der Waals surface area contributed by atoms with E-state index in [4.69, 9.17) is 5.73 Å². The van der Waals surface area contributed by atoms with Crippen LogP contribution in [0.15, 0.2) is 16.8 Å². The van der Waals surface area contributed by atoms with Gasteiger partial charge in [0.15, 0.2) is 0 Å². The Morgan fingerprint density at radius 2 is 2.12 bits per heavy atom. The second-order valence-electron chi connectivity index (χ2n) is 6.09. The fraction of sp³-hybridized carbons (Fsp3) is 0.733. The smallest absolute Gasteiger partial charge is 0.00173 e. The van der Waals surface area contributed by atoms with Gasteiger partial charge in [-0.05, 0) is 78.3 Å². The first-order valence-electron chi connectivity index (χ1n) is 6.86. The van der Waals surface area contributed by atoms with E-state index in [1.165, 1.54) is 37.7 Å². The summed E-state index contributed by atoms with van der Waals surface area (Å²) in [5.41, 5.74) is 7.96. The van der Waals surface area contributed by atoms with Crippen molar-refractivity contribution in [1.29, 1.82) is 0 Å². The third-order valence-corrected chi connectivity index (χ3v) is 5.36. The minimum atomic E-state index is 0.395. The lowest BCUT2D eigenvalue weighted by Gasteiger charge is -2.40. The minimum Gasteiger partial charge on any atom is -0.330 e. The van der Waals surface area contributed by atoms with Crippen LogP contribution in [0.25, 0.3) is 0 Å². The molecule has 0 bridgehead atoms. The third-order valence-electron chi connectivity index (χ3n) is 4.63. The summed E-state index contributed by atoms with van der Waals surface area (Å²) >= 11 is 1.80. The first-order valence-corrected chi connectivity index (χ1v) is 7.81. The molecule has 0 unspecified atom stereocenters. The Morgan fingerprint density at radius 1 is 1.41 bits per heavy atom. The molecule has 0 amide bonds. The second kappa shape index (κ2) is 5.53. The molecule has 1 aromatic rings. The van der Waals surface area contributed by atoms with Crippen LogP contribution in [0.1, 0.15) is 45.1 Å². The predicted molar refractivity (Wildman–Crippen MR) is 76.3 cm³/mol. The summed E-state index contributed by atoms with van der Waals surface area (Å²) in [5, 5.41) is 4.46. The molecule has 1 heterocycles. The average Bonchev–Trinajstić information content (AvgIpc) is 2.82. The SMILES string of the molecule is CC(C)C1CCC(CN)(Cc2ccsc2)CC1. The summed E-state index contributed by atoms with van der Waals surface area (Å²) in [6, 6.07) is 2.26. The third kappa shape index (κ3) is 3.11. The van der Waals surface area contributed by atoms with Crippen molar-refractivity contribution in [2.45, 2.75) is 46.0 Å². The van der Waals surface area contributed by atoms with E-state index in [1.54, 1.807) is 11.3 Å². The molecular weight excluding hydrogens is 226 g/mol. The molecule has 0 saturated heterocycles. The van der Waals surface area contributed by atoms with Crippen LogP contribution >= 0.6 is 11.3 Å². The summed E-state index contributed by atoms with van der Waals surface area (Å²) in [6.07, 6.45) is 6.58. The molecule has 0 aliphatic heterocycles. The Kier molecular flexibility index (Phi) is 4.26. The maximum atomic E-state index is 6.08. The molecule has 0 radical (unpaired) electrons. The quantitative estimate of drug-likeness (QED) is 0.857. The van der Waals surface area contributed by atoms with Crippen LogP contribution in [0.4, 0.5) is 0 Å². The molecule has 0 spiro atoms. The molecule has 2 rings (SSSR count). The number of rotatable bonds is 4. The van der Waals surface area contributed by atoms with Gasteiger partial charge in [-0.3, -0.25) is 0 Å². The van der Waals surface area contributed by atoms with Gasteiger partial charge in [0.05, 0.1) is 0 Å². The van der Waals surface area contributed by atoms with Crippen molar-refractivity contribution in [2.75, 3.05) is 6.54 Å². The molecule has 17 heavy (non-hydrogen) atoms. The van der Waals surface area contributed by atoms with Gasteiger partial charge in [0, 0.05) is 0 Å². The zero-order valence-corrected chi connectivity index (χ0v) is 11.9. The van der Waals surface area contributed by atoms with Crippen molar-refractivity contribution in [2.24, 2.45) is 23.0 Å². The van der Waals surface area contributed by atoms with E-state index in [-0.39, 0.29) is 0 Å². The van der Waals surface area contributed by atoms with Crippen molar-refractivity contribution in [3.05, 3.63) is 22.4 Å². The van der Waals surface area contributed by atoms with E-state index < -0.39 is 0 Å². The van der Waals surface area contributed by atoms with Crippen molar-refractivity contribution in [3.8, 4) is 0 Å². The predicted octanol–water partition coefficient (Wildman–Crippen LogP) is 4.08. The first kappa shape index (κ1) is 13.1. The van der Waals surface area contributed by atoms with Gasteiger partial charge in [0.2, 0.25) is 0 Å². The summed E-state index contributed by atoms with van der Waals surface area (Å²) in [4.78, 5) is 0. The normalized spacial score (nSPS) is 29.8. The number of nitrogens with two attached hydrogens (primary N) is 1. The van der Waals surface area contributed by atoms with Gasteiger partial charge in [-0.25, -0.2) is 0 Å². The van der Waals surface area contributed by atoms with Gasteiger partial charge in [-0.2, -0.15) is 11.3 Å². The Bertz CT molecular complexity index is 321. The van der Waals surface area contributed by atoms with E-state index in [0.29, 0.717) is 5.41 Å². The Balaban J connectivity index is 1.98. The van der Waals surface area contributed by atoms with Gasteiger partial charge in [0.25, 0.3) is 0 Å². The summed E-state index contributed by atoms with van der Waals surface area (Å²) in [5.74, 6) is 1.77. The fourth-order valence-corrected chi connectivity index (χ4v) is 3.87. The van der Waals surface area contributed by atoms with Crippen LogP contribution in [0.3, 0.4) is 0 Å². The highest BCUT2D eigenvalue weighted by atomic mass is 32.1. The zero-order valence-electron chi connectivity index (χ0n) is 11.1. The summed E-state index contributed by atoms with van der Waals surface area (Å²) in [7, 11) is 0. The standard InChI is InChI=1S/C15H25NS/c1-12(2)14-3-6-15(11-16,7-4-14)9-13-5-8-17-10-13/h5,8,10,12,14H,3-4,6-7,9,11,16H2,1-2H3. The molecule has 1 aliphatic carbocycles. The zero-order chi connectivity index (χ0) is 12.3. The second-order valence-corrected chi connectivity index (χ2v) is 6.87. The molecule has 1 saturated carbocycles. The van der Waals surface area contributed by atoms with E-state index in [0.717, 1.165) is 18.4 Å². The highest BCUT2D eigenvalue weighted by Gasteiger charge is 2.35. The molecule has 2 N–H and O–H groups in total. The van der Waals surface area contributed by atoms with Crippen LogP contribution in [0.2, 0.25) is 0 Å². The summed E-state index contributed by atoms with van der Waals surface area (Å²) in [6.45, 7) is 5.58. The van der Waals surface area contributed by atoms with Crippen molar-refractivity contribution >= 4 is 11.3 Å². The molecule has 1 aromatic heterocycles. The average molecular weight is 251 g/mol. The monoisotopic (exact) mass is 251 g/mol. The van der Waals surface area contributed by atoms with Gasteiger partial charge < -0.3 is 5.73 Å². The maximum Gasteiger partial charge on any atom is -0.00173 e. The van der Waals surface area contributed by atoms with Crippen molar-refractivity contribution in [1.82, 2.24) is 0 Å². The molecule has 2 heteroatoms. The molecule has 96 valence electrons. The fourth-order valence-electron chi connectivity index (χ4n) is 3.20. The van der Waals surface area contributed by atoms with Crippen LogP contribution in [-0.4, -0.2) is 6.54 Å². The lowest BCUT2D eigenvalue weighted by atomic mass is 9.66. The van der Waals surface area contributed by atoms with Crippen LogP contribution < -0.4 is 5.73 Å². The Hall–Kier alpha value is -0.340. The lowest BCUT2D eigenvalue weighted by Crippen LogP contribution is -2.37. The van der Waals surface area contributed by atoms with E-state index in [1.807, 2.05) is 0 Å². The van der Waals surface area contributed by atoms with Crippen molar-refractivity contribution in [3.63, 3.8) is 0 Å². The molecule has 0 aromatic carbocycles. The lowest BCUT2D eigenvalue weighted by molar-refractivity contribution is 0.132. The van der Waals surface area contributed by atoms with E-state index >= 15 is 0 Å². The van der Waals surface area contributed by atoms with Gasteiger partial charge in [0.1, 0.15) is 0 Å². The number of thiophene rings is 1. The molecule has 0 atom stereocenters. The summed E-state index contributed by atoms with van der Waals surface area (Å²) < 4.78 is 0. The Morgan fingerprint density at radius 3 is 2.59 bits per heavy atom. The van der Waals surface area contributed by atoms with Crippen LogP contribution in [0, 0.1) is 17.3 Å². The molecule has 1 aliphatic rings. The number of hydrogen-bond acceptors (Lipinski definition) is 2. The topological polar surface area (TPSA) is 26.0 Å². The van der Waals surface area contributed by atoms with Crippen LogP contribution in [0.5, 0.6) is 0 Å². The highest BCUT2D eigenvalue weighted by Crippen LogP contribution is 2.43. The Labute approximate surface area is 109 Å². The highest BCUT2D eigenvalue weighted by molar-refractivity contribution is 7.07. The minimum absolute atomic E-state index is 0.395. The van der Waals surface area contributed by atoms with E-state index in [2.05, 4.69) is 30.7 Å². The van der Waals surface area contributed by atoms with Gasteiger partial charge in [-0.15, -0.1) is 0 Å². The molecule has 1 nitrogen and oxygen atoms in total.